The Kier molecular flexibility index (Phi) is 4.49. The van der Waals surface area contributed by atoms with Crippen molar-refractivity contribution in [3.05, 3.63) is 89.6 Å². The molecule has 0 unspecified atom stereocenters. The van der Waals surface area contributed by atoms with Gasteiger partial charge in [-0.15, -0.1) is 0 Å². The normalized spacial score (nSPS) is 13.6. The van der Waals surface area contributed by atoms with Crippen LogP contribution in [0.5, 0.6) is 0 Å². The van der Waals surface area contributed by atoms with Gasteiger partial charge in [0.15, 0.2) is 0 Å². The van der Waals surface area contributed by atoms with Crippen molar-refractivity contribution in [1.29, 1.82) is 0 Å². The minimum absolute atomic E-state index is 0.753. The molecule has 25 heavy (non-hydrogen) atoms. The van der Waals surface area contributed by atoms with Gasteiger partial charge in [0.05, 0.1) is 0 Å². The smallest absolute Gasteiger partial charge is 0.0418 e. The van der Waals surface area contributed by atoms with Crippen molar-refractivity contribution >= 4 is 23.4 Å². The maximum atomic E-state index is 6.41. The van der Waals surface area contributed by atoms with Crippen LogP contribution in [0.15, 0.2) is 84.0 Å². The third kappa shape index (κ3) is 3.57. The fraction of sp³-hybridized carbons (Fsp3) is 0.0870. The van der Waals surface area contributed by atoms with E-state index in [0.717, 1.165) is 29.0 Å². The Balaban J connectivity index is 1.76. The number of rotatable bonds is 3. The lowest BCUT2D eigenvalue weighted by atomic mass is 9.95. The van der Waals surface area contributed by atoms with Gasteiger partial charge in [-0.3, -0.25) is 4.99 Å². The van der Waals surface area contributed by atoms with Gasteiger partial charge >= 0.3 is 0 Å². The molecule has 1 aliphatic heterocycles. The third-order valence-corrected chi connectivity index (χ3v) is 4.67. The molecule has 0 spiro atoms. The predicted molar refractivity (Wildman–Crippen MR) is 108 cm³/mol. The van der Waals surface area contributed by atoms with Crippen LogP contribution in [0.4, 0.5) is 0 Å². The summed E-state index contributed by atoms with van der Waals surface area (Å²) in [6.07, 6.45) is 5.98. The molecule has 0 saturated carbocycles. The first-order valence-electron chi connectivity index (χ1n) is 8.47. The number of hydrogen-bond acceptors (Lipinski definition) is 1. The summed E-state index contributed by atoms with van der Waals surface area (Å²) in [6.45, 7) is 0. The Hall–Kier alpha value is -2.64. The summed E-state index contributed by atoms with van der Waals surface area (Å²) in [7, 11) is 0. The zero-order valence-electron chi connectivity index (χ0n) is 13.8. The summed E-state index contributed by atoms with van der Waals surface area (Å²) in [5.74, 6) is 0. The largest absolute Gasteiger partial charge is 0.269 e. The van der Waals surface area contributed by atoms with Crippen molar-refractivity contribution in [2.24, 2.45) is 4.99 Å². The molecule has 1 heterocycles. The van der Waals surface area contributed by atoms with E-state index >= 15 is 0 Å². The van der Waals surface area contributed by atoms with Crippen molar-refractivity contribution < 1.29 is 0 Å². The zero-order chi connectivity index (χ0) is 17.1. The summed E-state index contributed by atoms with van der Waals surface area (Å²) < 4.78 is 0. The number of nitrogens with zero attached hydrogens (tertiary/aromatic N) is 1. The van der Waals surface area contributed by atoms with Crippen molar-refractivity contribution in [1.82, 2.24) is 0 Å². The molecule has 122 valence electrons. The lowest BCUT2D eigenvalue weighted by Gasteiger charge is -2.12. The monoisotopic (exact) mass is 343 g/mol. The highest BCUT2D eigenvalue weighted by atomic mass is 35.5. The molecule has 0 saturated heterocycles. The molecular weight excluding hydrogens is 326 g/mol. The Labute approximate surface area is 153 Å². The van der Waals surface area contributed by atoms with Crippen molar-refractivity contribution in [2.45, 2.75) is 12.8 Å². The maximum Gasteiger partial charge on any atom is 0.0418 e. The van der Waals surface area contributed by atoms with E-state index in [1.54, 1.807) is 0 Å². The molecule has 0 aromatic heterocycles. The van der Waals surface area contributed by atoms with Crippen LogP contribution in [-0.4, -0.2) is 6.21 Å². The molecule has 3 aromatic rings. The fourth-order valence-corrected chi connectivity index (χ4v) is 3.41. The van der Waals surface area contributed by atoms with E-state index in [2.05, 4.69) is 47.5 Å². The highest BCUT2D eigenvalue weighted by Crippen LogP contribution is 2.32. The van der Waals surface area contributed by atoms with Crippen LogP contribution in [0.2, 0.25) is 5.02 Å². The van der Waals surface area contributed by atoms with Crippen LogP contribution in [0.1, 0.15) is 18.4 Å². The Morgan fingerprint density at radius 1 is 0.680 bits per heavy atom. The first-order valence-corrected chi connectivity index (χ1v) is 8.85. The average Bonchev–Trinajstić information content (AvgIpc) is 2.69. The maximum absolute atomic E-state index is 6.41. The van der Waals surface area contributed by atoms with Gasteiger partial charge in [0.25, 0.3) is 0 Å². The number of hydrogen-bond donors (Lipinski definition) is 0. The lowest BCUT2D eigenvalue weighted by molar-refractivity contribution is 1.10. The molecule has 0 aliphatic carbocycles. The summed E-state index contributed by atoms with van der Waals surface area (Å²) >= 11 is 6.41. The molecule has 0 N–H and O–H groups in total. The molecule has 3 aromatic carbocycles. The Bertz CT molecular complexity index is 955. The molecular formula is C23H18ClN. The fourth-order valence-electron chi connectivity index (χ4n) is 3.17. The topological polar surface area (TPSA) is 12.4 Å². The second kappa shape index (κ2) is 7.08. The Morgan fingerprint density at radius 2 is 1.36 bits per heavy atom. The minimum atomic E-state index is 0.753. The standard InChI is InChI=1S/C23H18ClN/c24-23-14-21(17-6-2-1-3-7-17)13-22(15-23)19-9-4-8-18(12-19)20-10-5-11-25-16-20/h1-4,6-9,11-16H,5,10H2. The van der Waals surface area contributed by atoms with Gasteiger partial charge in [-0.05, 0) is 70.5 Å². The van der Waals surface area contributed by atoms with Gasteiger partial charge < -0.3 is 0 Å². The number of aliphatic imine (C=N–C) groups is 1. The molecule has 4 rings (SSSR count). The van der Waals surface area contributed by atoms with Crippen molar-refractivity contribution in [3.8, 4) is 22.3 Å². The van der Waals surface area contributed by atoms with Crippen LogP contribution >= 0.6 is 11.6 Å². The van der Waals surface area contributed by atoms with Crippen LogP contribution in [0.3, 0.4) is 0 Å². The predicted octanol–water partition coefficient (Wildman–Crippen LogP) is 6.88. The van der Waals surface area contributed by atoms with E-state index < -0.39 is 0 Å². The third-order valence-electron chi connectivity index (χ3n) is 4.45. The van der Waals surface area contributed by atoms with Gasteiger partial charge in [0, 0.05) is 17.4 Å². The number of allylic oxidation sites excluding steroid dienone is 1. The molecule has 0 radical (unpaired) electrons. The second-order valence-electron chi connectivity index (χ2n) is 6.20. The number of benzene rings is 3. The van der Waals surface area contributed by atoms with E-state index in [0.29, 0.717) is 0 Å². The molecule has 0 atom stereocenters. The summed E-state index contributed by atoms with van der Waals surface area (Å²) in [6, 6.07) is 25.2. The van der Waals surface area contributed by atoms with E-state index in [1.165, 1.54) is 22.3 Å². The van der Waals surface area contributed by atoms with Gasteiger partial charge in [-0.1, -0.05) is 60.1 Å². The van der Waals surface area contributed by atoms with Gasteiger partial charge in [0.1, 0.15) is 0 Å². The summed E-state index contributed by atoms with van der Waals surface area (Å²) in [5.41, 5.74) is 7.13. The molecule has 0 bridgehead atoms. The van der Waals surface area contributed by atoms with E-state index in [9.17, 15) is 0 Å². The average molecular weight is 344 g/mol. The van der Waals surface area contributed by atoms with Crippen LogP contribution in [-0.2, 0) is 0 Å². The summed E-state index contributed by atoms with van der Waals surface area (Å²) in [5, 5.41) is 0.753. The highest BCUT2D eigenvalue weighted by Gasteiger charge is 2.08. The van der Waals surface area contributed by atoms with Gasteiger partial charge in [0.2, 0.25) is 0 Å². The van der Waals surface area contributed by atoms with Crippen molar-refractivity contribution in [3.63, 3.8) is 0 Å². The van der Waals surface area contributed by atoms with Gasteiger partial charge in [-0.25, -0.2) is 0 Å². The Morgan fingerprint density at radius 3 is 2.12 bits per heavy atom. The molecule has 1 nitrogen and oxygen atoms in total. The first kappa shape index (κ1) is 15.9. The van der Waals surface area contributed by atoms with E-state index in [4.69, 9.17) is 11.6 Å². The van der Waals surface area contributed by atoms with E-state index in [1.807, 2.05) is 42.7 Å². The molecule has 1 aliphatic rings. The quantitative estimate of drug-likeness (QED) is 0.491. The zero-order valence-corrected chi connectivity index (χ0v) is 14.6. The molecule has 2 heteroatoms. The van der Waals surface area contributed by atoms with Crippen LogP contribution in [0.25, 0.3) is 27.8 Å². The summed E-state index contributed by atoms with van der Waals surface area (Å²) in [4.78, 5) is 4.30. The SMILES string of the molecule is Clc1cc(-c2ccccc2)cc(-c2cccc(C3=CN=CCC3)c2)c1. The van der Waals surface area contributed by atoms with Crippen LogP contribution in [0, 0.1) is 0 Å². The molecule has 0 amide bonds. The first-order chi connectivity index (χ1) is 12.3. The minimum Gasteiger partial charge on any atom is -0.269 e. The van der Waals surface area contributed by atoms with Crippen LogP contribution < -0.4 is 0 Å². The van der Waals surface area contributed by atoms with Crippen molar-refractivity contribution in [2.75, 3.05) is 0 Å². The van der Waals surface area contributed by atoms with Gasteiger partial charge in [-0.2, -0.15) is 0 Å². The number of halogens is 1. The second-order valence-corrected chi connectivity index (χ2v) is 6.64. The lowest BCUT2D eigenvalue weighted by Crippen LogP contribution is -1.91. The van der Waals surface area contributed by atoms with E-state index in [-0.39, 0.29) is 0 Å². The highest BCUT2D eigenvalue weighted by molar-refractivity contribution is 6.31. The molecule has 0 fully saturated rings.